The molecule has 2 aliphatic heterocycles. The fraction of sp³-hybridized carbons (Fsp3) is 0.360. The van der Waals surface area contributed by atoms with Crippen molar-refractivity contribution in [3.8, 4) is 11.3 Å². The Labute approximate surface area is 212 Å². The molecule has 0 amide bonds. The van der Waals surface area contributed by atoms with Gasteiger partial charge in [0.25, 0.3) is 0 Å². The molecule has 2 aliphatic rings. The molecule has 0 bridgehead atoms. The second-order valence-electron chi connectivity index (χ2n) is 8.45. The lowest BCUT2D eigenvalue weighted by Crippen LogP contribution is -2.38. The number of morpholine rings is 1. The number of ether oxygens (including phenoxy) is 1. The number of aromatic nitrogens is 1. The first kappa shape index (κ1) is 23.4. The van der Waals surface area contributed by atoms with Crippen LogP contribution in [0.25, 0.3) is 11.3 Å². The Bertz CT molecular complexity index is 1140. The molecule has 1 aromatic carbocycles. The monoisotopic (exact) mass is 544 g/mol. The molecule has 0 saturated carbocycles. The first-order valence-corrected chi connectivity index (χ1v) is 12.6. The second-order valence-corrected chi connectivity index (χ2v) is 9.76. The number of rotatable bonds is 7. The lowest BCUT2D eigenvalue weighted by atomic mass is 10.0. The van der Waals surface area contributed by atoms with E-state index >= 15 is 0 Å². The van der Waals surface area contributed by atoms with Gasteiger partial charge in [-0.05, 0) is 61.1 Å². The van der Waals surface area contributed by atoms with Gasteiger partial charge >= 0.3 is 0 Å². The Morgan fingerprint density at radius 3 is 2.74 bits per heavy atom. The van der Waals surface area contributed by atoms with Gasteiger partial charge in [-0.1, -0.05) is 22.0 Å². The zero-order valence-corrected chi connectivity index (χ0v) is 21.0. The second kappa shape index (κ2) is 10.5. The third kappa shape index (κ3) is 5.02. The van der Waals surface area contributed by atoms with E-state index in [0.717, 1.165) is 57.3 Å². The van der Waals surface area contributed by atoms with Crippen LogP contribution in [0.5, 0.6) is 0 Å². The van der Waals surface area contributed by atoms with Crippen molar-refractivity contribution in [3.63, 3.8) is 0 Å². The smallest absolute Gasteiger partial charge is 0.170 e. The van der Waals surface area contributed by atoms with E-state index in [4.69, 9.17) is 21.4 Å². The van der Waals surface area contributed by atoms with Crippen LogP contribution >= 0.6 is 28.1 Å². The molecular formula is C25H26BrFN4O2S. The quantitative estimate of drug-likeness (QED) is 0.423. The average molecular weight is 545 g/mol. The number of pyridine rings is 1. The summed E-state index contributed by atoms with van der Waals surface area (Å²) in [6.45, 7) is 5.26. The molecule has 0 spiro atoms. The summed E-state index contributed by atoms with van der Waals surface area (Å²) in [4.78, 5) is 9.17. The van der Waals surface area contributed by atoms with E-state index in [1.807, 2.05) is 36.4 Å². The maximum Gasteiger partial charge on any atom is 0.170 e. The van der Waals surface area contributed by atoms with E-state index in [1.54, 1.807) is 12.3 Å². The number of furan rings is 1. The van der Waals surface area contributed by atoms with Crippen molar-refractivity contribution in [2.24, 2.45) is 0 Å². The minimum Gasteiger partial charge on any atom is -0.459 e. The number of benzene rings is 1. The number of nitrogens with one attached hydrogen (secondary N) is 1. The Kier molecular flexibility index (Phi) is 7.24. The first-order chi connectivity index (χ1) is 16.6. The molecule has 2 atom stereocenters. The van der Waals surface area contributed by atoms with E-state index in [0.29, 0.717) is 20.9 Å². The van der Waals surface area contributed by atoms with E-state index in [-0.39, 0.29) is 17.9 Å². The largest absolute Gasteiger partial charge is 0.459 e. The van der Waals surface area contributed by atoms with E-state index in [2.05, 4.69) is 36.0 Å². The Morgan fingerprint density at radius 2 is 1.97 bits per heavy atom. The Balaban J connectivity index is 1.41. The summed E-state index contributed by atoms with van der Waals surface area (Å²) >= 11 is 9.06. The van der Waals surface area contributed by atoms with Gasteiger partial charge in [-0.3, -0.25) is 9.88 Å². The van der Waals surface area contributed by atoms with Gasteiger partial charge in [0.15, 0.2) is 5.11 Å². The molecule has 9 heteroatoms. The third-order valence-electron chi connectivity index (χ3n) is 6.29. The van der Waals surface area contributed by atoms with Gasteiger partial charge in [0.05, 0.1) is 30.5 Å². The van der Waals surface area contributed by atoms with Crippen molar-refractivity contribution in [2.75, 3.05) is 39.4 Å². The highest BCUT2D eigenvalue weighted by Crippen LogP contribution is 2.40. The summed E-state index contributed by atoms with van der Waals surface area (Å²) in [5.74, 6) is 0.886. The Morgan fingerprint density at radius 1 is 1.12 bits per heavy atom. The van der Waals surface area contributed by atoms with Crippen LogP contribution < -0.4 is 5.32 Å². The minimum absolute atomic E-state index is 0.161. The maximum absolute atomic E-state index is 14.6. The average Bonchev–Trinajstić information content (AvgIpc) is 3.45. The number of hydrogen-bond donors (Lipinski definition) is 1. The molecule has 34 heavy (non-hydrogen) atoms. The molecule has 2 fully saturated rings. The fourth-order valence-corrected chi connectivity index (χ4v) is 5.26. The van der Waals surface area contributed by atoms with Gasteiger partial charge in [0.2, 0.25) is 0 Å². The van der Waals surface area contributed by atoms with Crippen molar-refractivity contribution in [2.45, 2.75) is 18.5 Å². The van der Waals surface area contributed by atoms with E-state index in [9.17, 15) is 4.39 Å². The van der Waals surface area contributed by atoms with Crippen LogP contribution in [0, 0.1) is 5.82 Å². The normalized spacial score (nSPS) is 21.1. The van der Waals surface area contributed by atoms with Gasteiger partial charge in [-0.2, -0.15) is 0 Å². The summed E-state index contributed by atoms with van der Waals surface area (Å²) < 4.78 is 27.0. The maximum atomic E-state index is 14.6. The van der Waals surface area contributed by atoms with Crippen LogP contribution in [0.15, 0.2) is 63.6 Å². The van der Waals surface area contributed by atoms with Crippen molar-refractivity contribution in [3.05, 3.63) is 76.5 Å². The molecule has 0 unspecified atom stereocenters. The molecule has 2 aromatic heterocycles. The molecule has 178 valence electrons. The van der Waals surface area contributed by atoms with E-state index < -0.39 is 0 Å². The van der Waals surface area contributed by atoms with Crippen molar-refractivity contribution < 1.29 is 13.5 Å². The zero-order chi connectivity index (χ0) is 23.5. The molecular weight excluding hydrogens is 519 g/mol. The molecule has 0 radical (unpaired) electrons. The molecule has 3 aromatic rings. The molecule has 5 rings (SSSR count). The van der Waals surface area contributed by atoms with Crippen molar-refractivity contribution >= 4 is 33.3 Å². The highest BCUT2D eigenvalue weighted by molar-refractivity contribution is 9.10. The first-order valence-electron chi connectivity index (χ1n) is 11.4. The van der Waals surface area contributed by atoms with Gasteiger partial charge in [0, 0.05) is 36.8 Å². The summed E-state index contributed by atoms with van der Waals surface area (Å²) in [6, 6.07) is 14.2. The molecule has 1 N–H and O–H groups in total. The lowest BCUT2D eigenvalue weighted by molar-refractivity contribution is 0.0365. The van der Waals surface area contributed by atoms with Gasteiger partial charge in [0.1, 0.15) is 23.4 Å². The van der Waals surface area contributed by atoms with Crippen LogP contribution in [0.4, 0.5) is 4.39 Å². The van der Waals surface area contributed by atoms with Gasteiger partial charge in [-0.15, -0.1) is 0 Å². The van der Waals surface area contributed by atoms with Crippen LogP contribution in [-0.4, -0.2) is 59.3 Å². The molecule has 4 heterocycles. The van der Waals surface area contributed by atoms with Crippen LogP contribution in [0.2, 0.25) is 0 Å². The Hall–Kier alpha value is -2.33. The topological polar surface area (TPSA) is 53.8 Å². The molecule has 0 aliphatic carbocycles. The number of hydrogen-bond acceptors (Lipinski definition) is 5. The summed E-state index contributed by atoms with van der Waals surface area (Å²) in [5.41, 5.74) is 1.31. The van der Waals surface area contributed by atoms with Crippen molar-refractivity contribution in [1.82, 2.24) is 20.1 Å². The number of nitrogens with zero attached hydrogens (tertiary/aromatic N) is 3. The summed E-state index contributed by atoms with van der Waals surface area (Å²) in [5, 5.41) is 4.12. The lowest BCUT2D eigenvalue weighted by Gasteiger charge is -2.29. The summed E-state index contributed by atoms with van der Waals surface area (Å²) in [7, 11) is 0. The molecule has 2 saturated heterocycles. The van der Waals surface area contributed by atoms with Crippen molar-refractivity contribution in [1.29, 1.82) is 0 Å². The SMILES string of the molecule is Fc1cc(Br)ccc1-c1ccc([C@H]2[C@H](c3ccccn3)NC(=S)N2CCCN2CCOCC2)o1. The predicted molar refractivity (Wildman–Crippen MR) is 136 cm³/mol. The zero-order valence-electron chi connectivity index (χ0n) is 18.6. The third-order valence-corrected chi connectivity index (χ3v) is 7.14. The van der Waals surface area contributed by atoms with Crippen LogP contribution in [0.1, 0.15) is 30.0 Å². The van der Waals surface area contributed by atoms with Gasteiger partial charge < -0.3 is 19.4 Å². The highest BCUT2D eigenvalue weighted by atomic mass is 79.9. The number of thiocarbonyl (C=S) groups is 1. The van der Waals surface area contributed by atoms with E-state index in [1.165, 1.54) is 6.07 Å². The van der Waals surface area contributed by atoms with Gasteiger partial charge in [-0.25, -0.2) is 4.39 Å². The highest BCUT2D eigenvalue weighted by Gasteiger charge is 2.41. The van der Waals surface area contributed by atoms with Crippen LogP contribution in [0.3, 0.4) is 0 Å². The molecule has 6 nitrogen and oxygen atoms in total. The summed E-state index contributed by atoms with van der Waals surface area (Å²) in [6.07, 6.45) is 2.74. The predicted octanol–water partition coefficient (Wildman–Crippen LogP) is 4.94. The minimum atomic E-state index is -0.334. The van der Waals surface area contributed by atoms with Crippen LogP contribution in [-0.2, 0) is 4.74 Å². The number of halogens is 2. The standard InChI is InChI=1S/C25H26BrFN4O2S/c26-17-5-6-18(19(27)16-17)21-7-8-22(33-21)24-23(20-4-1-2-9-28-20)29-25(34)31(24)11-3-10-30-12-14-32-15-13-30/h1-2,4-9,16,23-24H,3,10-15H2,(H,29,34)/t23-,24-/m0/s1. The fourth-order valence-electron chi connectivity index (χ4n) is 4.59.